The summed E-state index contributed by atoms with van der Waals surface area (Å²) in [6, 6.07) is 4.41. The summed E-state index contributed by atoms with van der Waals surface area (Å²) in [5.41, 5.74) is 6.96. The Morgan fingerprint density at radius 1 is 1.55 bits per heavy atom. The lowest BCUT2D eigenvalue weighted by atomic mass is 10.2. The monoisotopic (exact) mass is 212 g/mol. The molecule has 1 aliphatic rings. The molecule has 11 heavy (non-hydrogen) atoms. The van der Waals surface area contributed by atoms with Crippen molar-refractivity contribution in [2.75, 3.05) is 0 Å². The van der Waals surface area contributed by atoms with Crippen LogP contribution in [-0.2, 0) is 0 Å². The molecule has 1 fully saturated rings. The molecule has 0 amide bonds. The van der Waals surface area contributed by atoms with Gasteiger partial charge in [0.2, 0.25) is 0 Å². The fourth-order valence-electron chi connectivity index (χ4n) is 1.20. The summed E-state index contributed by atoms with van der Waals surface area (Å²) in [5, 5.41) is 0. The van der Waals surface area contributed by atoms with Crippen molar-refractivity contribution in [2.24, 2.45) is 5.73 Å². The number of hydrogen-bond donors (Lipinski definition) is 1. The van der Waals surface area contributed by atoms with Crippen LogP contribution in [0, 0.1) is 0 Å². The lowest BCUT2D eigenvalue weighted by Crippen LogP contribution is -2.00. The second-order valence-electron chi connectivity index (χ2n) is 2.92. The van der Waals surface area contributed by atoms with Crippen LogP contribution in [0.4, 0.5) is 0 Å². The Bertz CT molecular complexity index is 257. The fourth-order valence-corrected chi connectivity index (χ4v) is 1.44. The maximum absolute atomic E-state index is 5.70. The average molecular weight is 213 g/mol. The molecular formula is C8H9BrN2. The highest BCUT2D eigenvalue weighted by atomic mass is 79.9. The summed E-state index contributed by atoms with van der Waals surface area (Å²) in [5.74, 6) is 0.565. The molecule has 1 heterocycles. The summed E-state index contributed by atoms with van der Waals surface area (Å²) >= 11 is 3.29. The Kier molecular flexibility index (Phi) is 1.69. The summed E-state index contributed by atoms with van der Waals surface area (Å²) < 4.78 is 0.885. The van der Waals surface area contributed by atoms with Gasteiger partial charge in [-0.15, -0.1) is 0 Å². The van der Waals surface area contributed by atoms with Gasteiger partial charge in [0.15, 0.2) is 0 Å². The number of nitrogens with zero attached hydrogens (tertiary/aromatic N) is 1. The van der Waals surface area contributed by atoms with Crippen LogP contribution in [0.1, 0.15) is 17.9 Å². The molecule has 0 spiro atoms. The highest BCUT2D eigenvalue weighted by Crippen LogP contribution is 2.38. The van der Waals surface area contributed by atoms with Gasteiger partial charge in [0.05, 0.1) is 0 Å². The molecule has 1 saturated carbocycles. The minimum absolute atomic E-state index is 0.373. The zero-order valence-electron chi connectivity index (χ0n) is 6.00. The molecule has 2 N–H and O–H groups in total. The Hall–Kier alpha value is -0.410. The second kappa shape index (κ2) is 2.57. The van der Waals surface area contributed by atoms with Crippen molar-refractivity contribution in [3.63, 3.8) is 0 Å². The maximum atomic E-state index is 5.70. The van der Waals surface area contributed by atoms with Gasteiger partial charge in [-0.25, -0.2) is 4.98 Å². The first kappa shape index (κ1) is 7.25. The molecule has 0 bridgehead atoms. The van der Waals surface area contributed by atoms with E-state index in [4.69, 9.17) is 5.73 Å². The minimum atomic E-state index is 0.373. The van der Waals surface area contributed by atoms with Crippen molar-refractivity contribution < 1.29 is 0 Å². The van der Waals surface area contributed by atoms with E-state index in [0.29, 0.717) is 12.0 Å². The average Bonchev–Trinajstić information content (AvgIpc) is 2.69. The van der Waals surface area contributed by atoms with Gasteiger partial charge in [0.25, 0.3) is 0 Å². The van der Waals surface area contributed by atoms with Crippen LogP contribution in [0.2, 0.25) is 0 Å². The number of pyridine rings is 1. The van der Waals surface area contributed by atoms with Crippen molar-refractivity contribution in [1.82, 2.24) is 4.98 Å². The van der Waals surface area contributed by atoms with Crippen LogP contribution in [0.25, 0.3) is 0 Å². The predicted octanol–water partition coefficient (Wildman–Crippen LogP) is 1.66. The van der Waals surface area contributed by atoms with Crippen LogP contribution >= 0.6 is 15.9 Å². The van der Waals surface area contributed by atoms with Gasteiger partial charge in [-0.3, -0.25) is 0 Å². The lowest BCUT2D eigenvalue weighted by Gasteiger charge is -1.96. The van der Waals surface area contributed by atoms with Crippen LogP contribution in [-0.4, -0.2) is 11.0 Å². The van der Waals surface area contributed by atoms with E-state index >= 15 is 0 Å². The molecule has 2 rings (SSSR count). The molecular weight excluding hydrogens is 204 g/mol. The van der Waals surface area contributed by atoms with Gasteiger partial charge in [0, 0.05) is 18.2 Å². The van der Waals surface area contributed by atoms with E-state index in [2.05, 4.69) is 27.0 Å². The third-order valence-electron chi connectivity index (χ3n) is 2.02. The Labute approximate surface area is 73.9 Å². The summed E-state index contributed by atoms with van der Waals surface area (Å²) in [7, 11) is 0. The van der Waals surface area contributed by atoms with Crippen molar-refractivity contribution in [3.05, 3.63) is 28.5 Å². The van der Waals surface area contributed by atoms with Gasteiger partial charge < -0.3 is 5.73 Å². The first-order valence-electron chi connectivity index (χ1n) is 3.64. The molecule has 2 nitrogen and oxygen atoms in total. The zero-order chi connectivity index (χ0) is 7.84. The quantitative estimate of drug-likeness (QED) is 0.720. The van der Waals surface area contributed by atoms with Crippen LogP contribution in [0.15, 0.2) is 22.9 Å². The van der Waals surface area contributed by atoms with E-state index in [0.717, 1.165) is 11.0 Å². The molecule has 2 atom stereocenters. The highest BCUT2D eigenvalue weighted by Gasteiger charge is 2.34. The van der Waals surface area contributed by atoms with E-state index in [9.17, 15) is 0 Å². The number of rotatable bonds is 1. The number of halogens is 1. The van der Waals surface area contributed by atoms with Crippen molar-refractivity contribution >= 4 is 15.9 Å². The maximum Gasteiger partial charge on any atom is 0.106 e. The van der Waals surface area contributed by atoms with Crippen LogP contribution < -0.4 is 5.73 Å². The SMILES string of the molecule is N[C@H]1C[C@@H]1c1ccc(Br)nc1. The number of nitrogens with two attached hydrogens (primary N) is 1. The third kappa shape index (κ3) is 1.44. The van der Waals surface area contributed by atoms with Gasteiger partial charge in [-0.2, -0.15) is 0 Å². The summed E-state index contributed by atoms with van der Waals surface area (Å²) in [6.07, 6.45) is 3.00. The largest absolute Gasteiger partial charge is 0.327 e. The normalized spacial score (nSPS) is 28.5. The Morgan fingerprint density at radius 2 is 2.27 bits per heavy atom. The number of aromatic nitrogens is 1. The third-order valence-corrected chi connectivity index (χ3v) is 2.49. The molecule has 3 heteroatoms. The molecule has 0 unspecified atom stereocenters. The molecule has 58 valence electrons. The topological polar surface area (TPSA) is 38.9 Å². The molecule has 0 aromatic carbocycles. The standard InChI is InChI=1S/C8H9BrN2/c9-8-2-1-5(4-11-8)6-3-7(6)10/h1-2,4,6-7H,3,10H2/t6-,7+/m1/s1. The van der Waals surface area contributed by atoms with E-state index in [1.807, 2.05) is 12.3 Å². The second-order valence-corrected chi connectivity index (χ2v) is 3.73. The van der Waals surface area contributed by atoms with Crippen molar-refractivity contribution in [1.29, 1.82) is 0 Å². The first-order chi connectivity index (χ1) is 5.27. The van der Waals surface area contributed by atoms with Crippen LogP contribution in [0.3, 0.4) is 0 Å². The number of hydrogen-bond acceptors (Lipinski definition) is 2. The molecule has 0 aliphatic heterocycles. The molecule has 0 radical (unpaired) electrons. The smallest absolute Gasteiger partial charge is 0.106 e. The van der Waals surface area contributed by atoms with Gasteiger partial charge in [-0.05, 0) is 34.0 Å². The molecule has 1 aromatic rings. The Morgan fingerprint density at radius 3 is 2.73 bits per heavy atom. The summed E-state index contributed by atoms with van der Waals surface area (Å²) in [6.45, 7) is 0. The summed E-state index contributed by atoms with van der Waals surface area (Å²) in [4.78, 5) is 4.14. The fraction of sp³-hybridized carbons (Fsp3) is 0.375. The van der Waals surface area contributed by atoms with E-state index in [1.54, 1.807) is 0 Å². The van der Waals surface area contributed by atoms with E-state index < -0.39 is 0 Å². The zero-order valence-corrected chi connectivity index (χ0v) is 7.58. The Balaban J connectivity index is 2.21. The predicted molar refractivity (Wildman–Crippen MR) is 47.3 cm³/mol. The van der Waals surface area contributed by atoms with Crippen molar-refractivity contribution in [2.45, 2.75) is 18.4 Å². The van der Waals surface area contributed by atoms with E-state index in [1.165, 1.54) is 5.56 Å². The van der Waals surface area contributed by atoms with Gasteiger partial charge in [-0.1, -0.05) is 6.07 Å². The highest BCUT2D eigenvalue weighted by molar-refractivity contribution is 9.10. The van der Waals surface area contributed by atoms with Gasteiger partial charge >= 0.3 is 0 Å². The lowest BCUT2D eigenvalue weighted by molar-refractivity contribution is 0.978. The van der Waals surface area contributed by atoms with Gasteiger partial charge in [0.1, 0.15) is 4.60 Å². The molecule has 1 aromatic heterocycles. The van der Waals surface area contributed by atoms with Crippen molar-refractivity contribution in [3.8, 4) is 0 Å². The van der Waals surface area contributed by atoms with Crippen LogP contribution in [0.5, 0.6) is 0 Å². The van der Waals surface area contributed by atoms with E-state index in [-0.39, 0.29) is 0 Å². The molecule has 0 saturated heterocycles. The first-order valence-corrected chi connectivity index (χ1v) is 4.43. The minimum Gasteiger partial charge on any atom is -0.327 e. The molecule has 1 aliphatic carbocycles.